The standard InChI is InChI=1S/C15H20N4O2/c1-17-15(20)11-6-2-3-8-19(11)9-13-18-14-10(16)5-4-7-12(14)21-13/h4-5,7,11H,2-3,6,8-9,16H2,1H3,(H,17,20). The van der Waals surface area contributed by atoms with E-state index in [0.717, 1.165) is 25.8 Å². The largest absolute Gasteiger partial charge is 0.439 e. The molecule has 112 valence electrons. The molecule has 0 saturated carbocycles. The highest BCUT2D eigenvalue weighted by Crippen LogP contribution is 2.24. The SMILES string of the molecule is CNC(=O)C1CCCCN1Cc1nc2c(N)cccc2o1. The Kier molecular flexibility index (Phi) is 3.79. The van der Waals surface area contributed by atoms with Crippen LogP contribution in [0.2, 0.25) is 0 Å². The number of likely N-dealkylation sites (N-methyl/N-ethyl adjacent to an activating group) is 1. The highest BCUT2D eigenvalue weighted by atomic mass is 16.3. The van der Waals surface area contributed by atoms with E-state index in [0.29, 0.717) is 29.2 Å². The third kappa shape index (κ3) is 2.71. The van der Waals surface area contributed by atoms with Gasteiger partial charge in [0, 0.05) is 7.05 Å². The van der Waals surface area contributed by atoms with Crippen LogP contribution < -0.4 is 11.1 Å². The number of nitrogens with one attached hydrogen (secondary N) is 1. The normalized spacial score (nSPS) is 19.8. The summed E-state index contributed by atoms with van der Waals surface area (Å²) in [5.41, 5.74) is 7.90. The maximum Gasteiger partial charge on any atom is 0.237 e. The second-order valence-electron chi connectivity index (χ2n) is 5.40. The Balaban J connectivity index is 1.82. The van der Waals surface area contributed by atoms with Crippen LogP contribution >= 0.6 is 0 Å². The molecule has 1 aliphatic heterocycles. The molecule has 1 aromatic heterocycles. The molecule has 2 heterocycles. The second kappa shape index (κ2) is 5.73. The minimum Gasteiger partial charge on any atom is -0.439 e. The monoisotopic (exact) mass is 288 g/mol. The summed E-state index contributed by atoms with van der Waals surface area (Å²) in [5.74, 6) is 0.670. The number of likely N-dealkylation sites (tertiary alicyclic amines) is 1. The number of fused-ring (bicyclic) bond motifs is 1. The number of benzene rings is 1. The number of carbonyl (C=O) groups is 1. The number of rotatable bonds is 3. The predicted octanol–water partition coefficient (Wildman–Crippen LogP) is 1.51. The number of nitrogens with zero attached hydrogens (tertiary/aromatic N) is 2. The predicted molar refractivity (Wildman–Crippen MR) is 80.5 cm³/mol. The molecule has 1 unspecified atom stereocenters. The maximum atomic E-state index is 12.0. The molecule has 0 bridgehead atoms. The van der Waals surface area contributed by atoms with Crippen LogP contribution in [0.3, 0.4) is 0 Å². The van der Waals surface area contributed by atoms with Crippen LogP contribution in [0.25, 0.3) is 11.1 Å². The van der Waals surface area contributed by atoms with Crippen LogP contribution in [0.5, 0.6) is 0 Å². The van der Waals surface area contributed by atoms with E-state index in [-0.39, 0.29) is 11.9 Å². The molecule has 1 saturated heterocycles. The van der Waals surface area contributed by atoms with Gasteiger partial charge in [-0.2, -0.15) is 0 Å². The molecule has 2 aromatic rings. The van der Waals surface area contributed by atoms with Gasteiger partial charge in [-0.05, 0) is 31.5 Å². The first kappa shape index (κ1) is 13.9. The van der Waals surface area contributed by atoms with E-state index in [1.165, 1.54) is 0 Å². The van der Waals surface area contributed by atoms with Crippen molar-refractivity contribution >= 4 is 22.7 Å². The summed E-state index contributed by atoms with van der Waals surface area (Å²) in [6.07, 6.45) is 3.05. The molecule has 6 nitrogen and oxygen atoms in total. The number of para-hydroxylation sites is 1. The van der Waals surface area contributed by atoms with Crippen molar-refractivity contribution in [2.45, 2.75) is 31.8 Å². The number of nitrogens with two attached hydrogens (primary N) is 1. The Bertz CT molecular complexity index is 652. The van der Waals surface area contributed by atoms with Crippen molar-refractivity contribution in [3.05, 3.63) is 24.1 Å². The number of carbonyl (C=O) groups excluding carboxylic acids is 1. The summed E-state index contributed by atoms with van der Waals surface area (Å²) >= 11 is 0. The lowest BCUT2D eigenvalue weighted by molar-refractivity contribution is -0.127. The van der Waals surface area contributed by atoms with Crippen molar-refractivity contribution in [1.29, 1.82) is 0 Å². The second-order valence-corrected chi connectivity index (χ2v) is 5.40. The molecule has 1 aromatic carbocycles. The quantitative estimate of drug-likeness (QED) is 0.836. The molecule has 3 N–H and O–H groups in total. The summed E-state index contributed by atoms with van der Waals surface area (Å²) in [6, 6.07) is 5.41. The highest BCUT2D eigenvalue weighted by molar-refractivity contribution is 5.85. The first-order valence-corrected chi connectivity index (χ1v) is 7.28. The molecule has 6 heteroatoms. The molecule has 0 spiro atoms. The Morgan fingerprint density at radius 2 is 2.38 bits per heavy atom. The molecule has 3 rings (SSSR count). The van der Waals surface area contributed by atoms with Gasteiger partial charge >= 0.3 is 0 Å². The molecule has 0 radical (unpaired) electrons. The molecule has 1 fully saturated rings. The van der Waals surface area contributed by atoms with Crippen molar-refractivity contribution in [1.82, 2.24) is 15.2 Å². The van der Waals surface area contributed by atoms with E-state index in [1.54, 1.807) is 7.05 Å². The minimum atomic E-state index is -0.101. The van der Waals surface area contributed by atoms with Gasteiger partial charge in [0.05, 0.1) is 18.3 Å². The van der Waals surface area contributed by atoms with Crippen LogP contribution in [-0.2, 0) is 11.3 Å². The number of anilines is 1. The number of aromatic nitrogens is 1. The van der Waals surface area contributed by atoms with Gasteiger partial charge in [0.2, 0.25) is 11.8 Å². The first-order chi connectivity index (χ1) is 10.2. The number of piperidine rings is 1. The topological polar surface area (TPSA) is 84.4 Å². The molecule has 1 amide bonds. The zero-order valence-corrected chi connectivity index (χ0v) is 12.1. The third-order valence-corrected chi connectivity index (χ3v) is 4.00. The molecule has 1 atom stereocenters. The highest BCUT2D eigenvalue weighted by Gasteiger charge is 2.29. The number of nitrogen functional groups attached to an aromatic ring is 1. The summed E-state index contributed by atoms with van der Waals surface area (Å²) < 4.78 is 5.75. The maximum absolute atomic E-state index is 12.0. The summed E-state index contributed by atoms with van der Waals surface area (Å²) in [7, 11) is 1.68. The van der Waals surface area contributed by atoms with Crippen molar-refractivity contribution in [3.8, 4) is 0 Å². The van der Waals surface area contributed by atoms with Gasteiger partial charge in [-0.3, -0.25) is 9.69 Å². The van der Waals surface area contributed by atoms with Crippen molar-refractivity contribution < 1.29 is 9.21 Å². The Hall–Kier alpha value is -2.08. The lowest BCUT2D eigenvalue weighted by atomic mass is 10.0. The molecule has 0 aliphatic carbocycles. The summed E-state index contributed by atoms with van der Waals surface area (Å²) in [4.78, 5) is 18.6. The molecular weight excluding hydrogens is 268 g/mol. The van der Waals surface area contributed by atoms with Crippen molar-refractivity contribution in [2.24, 2.45) is 0 Å². The average Bonchev–Trinajstić information content (AvgIpc) is 2.91. The fourth-order valence-corrected chi connectivity index (χ4v) is 2.90. The lowest BCUT2D eigenvalue weighted by Gasteiger charge is -2.33. The number of hydrogen-bond acceptors (Lipinski definition) is 5. The van der Waals surface area contributed by atoms with E-state index in [4.69, 9.17) is 10.2 Å². The van der Waals surface area contributed by atoms with Gasteiger partial charge in [-0.25, -0.2) is 4.98 Å². The van der Waals surface area contributed by atoms with E-state index >= 15 is 0 Å². The minimum absolute atomic E-state index is 0.0605. The van der Waals surface area contributed by atoms with Crippen LogP contribution in [0.4, 0.5) is 5.69 Å². The molecule has 21 heavy (non-hydrogen) atoms. The van der Waals surface area contributed by atoms with E-state index in [1.807, 2.05) is 18.2 Å². The lowest BCUT2D eigenvalue weighted by Crippen LogP contribution is -2.48. The summed E-state index contributed by atoms with van der Waals surface area (Å²) in [5, 5.41) is 2.73. The Morgan fingerprint density at radius 1 is 1.52 bits per heavy atom. The number of amides is 1. The number of hydrogen-bond donors (Lipinski definition) is 2. The van der Waals surface area contributed by atoms with Gasteiger partial charge in [-0.15, -0.1) is 0 Å². The van der Waals surface area contributed by atoms with Crippen LogP contribution in [0, 0.1) is 0 Å². The number of oxazole rings is 1. The Labute approximate surface area is 123 Å². The van der Waals surface area contributed by atoms with Gasteiger partial charge in [0.15, 0.2) is 5.58 Å². The summed E-state index contributed by atoms with van der Waals surface area (Å²) in [6.45, 7) is 1.42. The Morgan fingerprint density at radius 3 is 3.14 bits per heavy atom. The molecule has 1 aliphatic rings. The zero-order chi connectivity index (χ0) is 14.8. The van der Waals surface area contributed by atoms with E-state index in [2.05, 4.69) is 15.2 Å². The van der Waals surface area contributed by atoms with Crippen molar-refractivity contribution in [2.75, 3.05) is 19.3 Å². The van der Waals surface area contributed by atoms with Crippen LogP contribution in [0.1, 0.15) is 25.2 Å². The fourth-order valence-electron chi connectivity index (χ4n) is 2.90. The zero-order valence-electron chi connectivity index (χ0n) is 12.1. The fraction of sp³-hybridized carbons (Fsp3) is 0.467. The van der Waals surface area contributed by atoms with Gasteiger partial charge in [0.1, 0.15) is 5.52 Å². The first-order valence-electron chi connectivity index (χ1n) is 7.28. The van der Waals surface area contributed by atoms with Gasteiger partial charge in [-0.1, -0.05) is 12.5 Å². The van der Waals surface area contributed by atoms with Crippen molar-refractivity contribution in [3.63, 3.8) is 0 Å². The third-order valence-electron chi connectivity index (χ3n) is 4.00. The average molecular weight is 288 g/mol. The van der Waals surface area contributed by atoms with Crippen LogP contribution in [-0.4, -0.2) is 35.4 Å². The molecular formula is C15H20N4O2. The van der Waals surface area contributed by atoms with E-state index < -0.39 is 0 Å². The van der Waals surface area contributed by atoms with E-state index in [9.17, 15) is 4.79 Å². The van der Waals surface area contributed by atoms with Gasteiger partial charge in [0.25, 0.3) is 0 Å². The van der Waals surface area contributed by atoms with Gasteiger partial charge < -0.3 is 15.5 Å². The van der Waals surface area contributed by atoms with Crippen LogP contribution in [0.15, 0.2) is 22.6 Å². The smallest absolute Gasteiger partial charge is 0.237 e.